The van der Waals surface area contributed by atoms with Gasteiger partial charge in [0.25, 0.3) is 0 Å². The van der Waals surface area contributed by atoms with Gasteiger partial charge in [-0.3, -0.25) is 14.5 Å². The molecule has 11 nitrogen and oxygen atoms in total. The molecular weight excluding hydrogens is 604 g/mol. The molecule has 2 atom stereocenters. The largest absolute Gasteiger partial charge is 0.544 e. The molecule has 0 spiro atoms. The Morgan fingerprint density at radius 2 is 1.67 bits per heavy atom. The summed E-state index contributed by atoms with van der Waals surface area (Å²) in [7, 11) is -0.845. The van der Waals surface area contributed by atoms with Crippen LogP contribution < -0.4 is 15.4 Å². The zero-order valence-electron chi connectivity index (χ0n) is 28.1. The molecule has 0 aromatic heterocycles. The van der Waals surface area contributed by atoms with E-state index in [9.17, 15) is 14.4 Å². The summed E-state index contributed by atoms with van der Waals surface area (Å²) in [5.74, 6) is 0.603. The van der Waals surface area contributed by atoms with Crippen molar-refractivity contribution >= 4 is 26.5 Å². The number of benzene rings is 2. The molecule has 0 bridgehead atoms. The minimum Gasteiger partial charge on any atom is -0.544 e. The van der Waals surface area contributed by atoms with Crippen molar-refractivity contribution in [3.05, 3.63) is 65.7 Å². The third-order valence-electron chi connectivity index (χ3n) is 8.38. The minimum absolute atomic E-state index is 0.0673. The minimum atomic E-state index is -2.47. The highest BCUT2D eigenvalue weighted by molar-refractivity contribution is 6.67. The second kappa shape index (κ2) is 19.3. The van der Waals surface area contributed by atoms with Crippen LogP contribution in [0.15, 0.2) is 54.6 Å². The van der Waals surface area contributed by atoms with Gasteiger partial charge in [-0.25, -0.2) is 4.79 Å². The fraction of sp³-hybridized carbons (Fsp3) is 0.559. The van der Waals surface area contributed by atoms with Crippen molar-refractivity contribution in [2.45, 2.75) is 77.9 Å². The molecule has 1 heterocycles. The van der Waals surface area contributed by atoms with Gasteiger partial charge in [0.05, 0.1) is 13.7 Å². The van der Waals surface area contributed by atoms with Crippen LogP contribution in [0.2, 0.25) is 12.1 Å². The Morgan fingerprint density at radius 3 is 2.33 bits per heavy atom. The zero-order chi connectivity index (χ0) is 33.4. The number of nitrogens with zero attached hydrogens (tertiary/aromatic N) is 2. The van der Waals surface area contributed by atoms with Crippen LogP contribution in [0.25, 0.3) is 0 Å². The van der Waals surface area contributed by atoms with Crippen LogP contribution in [0.5, 0.6) is 5.75 Å². The molecule has 255 valence electrons. The average molecular weight is 657 g/mol. The van der Waals surface area contributed by atoms with Gasteiger partial charge in [-0.2, -0.15) is 0 Å². The highest BCUT2D eigenvalue weighted by atomic mass is 28.4. The number of hydrogen-bond acceptors (Lipinski definition) is 8. The monoisotopic (exact) mass is 656 g/mol. The summed E-state index contributed by atoms with van der Waals surface area (Å²) in [6, 6.07) is 18.5. The maximum atomic E-state index is 13.2. The van der Waals surface area contributed by atoms with Crippen LogP contribution in [-0.4, -0.2) is 94.9 Å². The second-order valence-corrected chi connectivity index (χ2v) is 15.4. The number of piperazine rings is 1. The first-order valence-electron chi connectivity index (χ1n) is 16.4. The number of nitrogens with one attached hydrogen (secondary N) is 2. The predicted octanol–water partition coefficient (Wildman–Crippen LogP) is 4.45. The van der Waals surface area contributed by atoms with E-state index >= 15 is 0 Å². The van der Waals surface area contributed by atoms with Gasteiger partial charge >= 0.3 is 6.09 Å². The Bertz CT molecular complexity index is 1210. The molecule has 0 saturated carbocycles. The number of rotatable bonds is 18. The van der Waals surface area contributed by atoms with E-state index in [1.54, 1.807) is 12.0 Å². The van der Waals surface area contributed by atoms with E-state index < -0.39 is 14.7 Å². The molecule has 1 fully saturated rings. The Hall–Kier alpha value is -3.45. The lowest BCUT2D eigenvalue weighted by molar-refractivity contribution is -0.135. The molecule has 2 N–H and O–H groups in total. The molecule has 1 aliphatic rings. The van der Waals surface area contributed by atoms with Crippen molar-refractivity contribution in [1.29, 1.82) is 0 Å². The first-order valence-corrected chi connectivity index (χ1v) is 18.6. The zero-order valence-corrected chi connectivity index (χ0v) is 29.1. The third-order valence-corrected chi connectivity index (χ3v) is 12.1. The highest BCUT2D eigenvalue weighted by Crippen LogP contribution is 2.23. The fourth-order valence-corrected chi connectivity index (χ4v) is 7.93. The number of methoxy groups -OCH3 is 1. The van der Waals surface area contributed by atoms with Crippen LogP contribution in [0.1, 0.15) is 51.7 Å². The average Bonchev–Trinajstić information content (AvgIpc) is 3.09. The molecule has 3 rings (SSSR count). The molecule has 0 aliphatic carbocycles. The van der Waals surface area contributed by atoms with E-state index in [0.717, 1.165) is 35.4 Å². The Labute approximate surface area is 275 Å². The van der Waals surface area contributed by atoms with E-state index in [2.05, 4.69) is 43.2 Å². The molecule has 2 aromatic rings. The first-order chi connectivity index (χ1) is 22.2. The van der Waals surface area contributed by atoms with Crippen LogP contribution in [-0.2, 0) is 36.3 Å². The SMILES string of the molecule is CCC(C)O[Si-](CC)(CC)OCC1CN(C(=O)CCNC(=O)OCc2ccccc2)CCN1CC(=O)NCc1ccc(OC)cc1. The molecular formula is C34H52N4O7Si-. The van der Waals surface area contributed by atoms with Gasteiger partial charge in [0.15, 0.2) is 0 Å². The maximum Gasteiger partial charge on any atom is 0.407 e. The summed E-state index contributed by atoms with van der Waals surface area (Å²) in [6.45, 7) is 11.1. The summed E-state index contributed by atoms with van der Waals surface area (Å²) < 4.78 is 23.6. The first kappa shape index (κ1) is 37.0. The van der Waals surface area contributed by atoms with Crippen LogP contribution in [0.3, 0.4) is 0 Å². The standard InChI is InChI=1S/C34H52N4O7Si/c1-6-27(4)45-46(7-2,8-3)44-26-30-23-38(33(40)18-19-35-34(41)43-25-29-12-10-9-11-13-29)21-20-37(30)24-32(39)36-22-28-14-16-31(42-5)17-15-28/h9-17,27,30H,6-8,18-26H2,1-5H3,(H,35,41)(H,36,39)/q-1. The van der Waals surface area contributed by atoms with Crippen molar-refractivity contribution in [1.82, 2.24) is 20.4 Å². The molecule has 3 amide bonds. The van der Waals surface area contributed by atoms with Gasteiger partial charge in [-0.15, -0.1) is 12.1 Å². The molecule has 1 saturated heterocycles. The van der Waals surface area contributed by atoms with Gasteiger partial charge < -0.3 is 33.9 Å². The number of carbonyl (C=O) groups excluding carboxylic acids is 3. The highest BCUT2D eigenvalue weighted by Gasteiger charge is 2.32. The maximum absolute atomic E-state index is 13.2. The molecule has 46 heavy (non-hydrogen) atoms. The van der Waals surface area contributed by atoms with Crippen molar-refractivity contribution in [3.63, 3.8) is 0 Å². The Balaban J connectivity index is 1.57. The number of hydrogen-bond donors (Lipinski definition) is 2. The quantitative estimate of drug-likeness (QED) is 0.226. The lowest BCUT2D eigenvalue weighted by Crippen LogP contribution is -2.59. The lowest BCUT2D eigenvalue weighted by atomic mass is 10.1. The summed E-state index contributed by atoms with van der Waals surface area (Å²) in [6.07, 6.45) is 0.590. The summed E-state index contributed by atoms with van der Waals surface area (Å²) >= 11 is 0. The van der Waals surface area contributed by atoms with E-state index in [1.807, 2.05) is 54.6 Å². The third kappa shape index (κ3) is 12.0. The van der Waals surface area contributed by atoms with Crippen molar-refractivity contribution in [3.8, 4) is 5.75 Å². The van der Waals surface area contributed by atoms with Gasteiger partial charge in [0, 0.05) is 57.9 Å². The number of ether oxygens (including phenoxy) is 2. The molecule has 2 aromatic carbocycles. The van der Waals surface area contributed by atoms with Gasteiger partial charge in [-0.1, -0.05) is 63.2 Å². The summed E-state index contributed by atoms with van der Waals surface area (Å²) in [5, 5.41) is 5.69. The molecule has 0 radical (unpaired) electrons. The number of amides is 3. The van der Waals surface area contributed by atoms with E-state index in [1.165, 1.54) is 0 Å². The lowest BCUT2D eigenvalue weighted by Gasteiger charge is -2.48. The van der Waals surface area contributed by atoms with Gasteiger partial charge in [0.1, 0.15) is 20.9 Å². The summed E-state index contributed by atoms with van der Waals surface area (Å²) in [4.78, 5) is 42.3. The summed E-state index contributed by atoms with van der Waals surface area (Å²) in [5.41, 5.74) is 1.87. The second-order valence-electron chi connectivity index (χ2n) is 11.6. The predicted molar refractivity (Wildman–Crippen MR) is 180 cm³/mol. The van der Waals surface area contributed by atoms with Crippen molar-refractivity contribution < 1.29 is 32.7 Å². The topological polar surface area (TPSA) is 119 Å². The van der Waals surface area contributed by atoms with Crippen LogP contribution >= 0.6 is 0 Å². The normalized spacial score (nSPS) is 16.0. The van der Waals surface area contributed by atoms with Crippen molar-refractivity contribution in [2.75, 3.05) is 46.4 Å². The smallest absolute Gasteiger partial charge is 0.407 e. The van der Waals surface area contributed by atoms with E-state index in [-0.39, 0.29) is 50.1 Å². The van der Waals surface area contributed by atoms with Gasteiger partial charge in [0.2, 0.25) is 11.8 Å². The molecule has 12 heteroatoms. The Morgan fingerprint density at radius 1 is 0.957 bits per heavy atom. The molecule has 2 unspecified atom stereocenters. The number of alkyl carbamates (subject to hydrolysis) is 1. The Kier molecular flexibility index (Phi) is 15.5. The van der Waals surface area contributed by atoms with Crippen LogP contribution in [0.4, 0.5) is 4.79 Å². The van der Waals surface area contributed by atoms with Crippen LogP contribution in [0, 0.1) is 0 Å². The van der Waals surface area contributed by atoms with E-state index in [0.29, 0.717) is 32.8 Å². The number of carbonyl (C=O) groups is 3. The molecule has 1 aliphatic heterocycles. The van der Waals surface area contributed by atoms with E-state index in [4.69, 9.17) is 18.3 Å². The van der Waals surface area contributed by atoms with Crippen molar-refractivity contribution in [2.24, 2.45) is 0 Å². The van der Waals surface area contributed by atoms with Gasteiger partial charge in [-0.05, 0) is 36.6 Å². The fourth-order valence-electron chi connectivity index (χ4n) is 5.23.